The van der Waals surface area contributed by atoms with Crippen LogP contribution in [0.3, 0.4) is 0 Å². The highest BCUT2D eigenvalue weighted by molar-refractivity contribution is 4.80. The summed E-state index contributed by atoms with van der Waals surface area (Å²) in [6.45, 7) is 28.6. The van der Waals surface area contributed by atoms with E-state index in [-0.39, 0.29) is 0 Å². The van der Waals surface area contributed by atoms with Crippen molar-refractivity contribution >= 4 is 0 Å². The molecule has 3 rings (SSSR count). The van der Waals surface area contributed by atoms with Crippen LogP contribution in [-0.2, 0) is 0 Å². The van der Waals surface area contributed by atoms with E-state index in [1.807, 2.05) is 0 Å². The van der Waals surface area contributed by atoms with Crippen molar-refractivity contribution in [2.24, 2.45) is 0 Å². The van der Waals surface area contributed by atoms with Crippen molar-refractivity contribution in [3.63, 3.8) is 0 Å². The Balaban J connectivity index is 0.000000226. The molecule has 0 saturated carbocycles. The molecule has 0 unspecified atom stereocenters. The van der Waals surface area contributed by atoms with Gasteiger partial charge in [-0.2, -0.15) is 0 Å². The molecule has 3 nitrogen and oxygen atoms in total. The molecule has 0 atom stereocenters. The molecule has 3 heteroatoms. The predicted octanol–water partition coefficient (Wildman–Crippen LogP) is 6.81. The molecular formula is C27H57N3. The molecule has 3 aliphatic rings. The van der Waals surface area contributed by atoms with Crippen LogP contribution >= 0.6 is 0 Å². The van der Waals surface area contributed by atoms with Crippen LogP contribution < -0.4 is 0 Å². The first kappa shape index (κ1) is 27.9. The molecule has 180 valence electrons. The van der Waals surface area contributed by atoms with E-state index in [4.69, 9.17) is 0 Å². The summed E-state index contributed by atoms with van der Waals surface area (Å²) >= 11 is 0. The second-order valence-electron chi connectivity index (χ2n) is 12.7. The highest BCUT2D eigenvalue weighted by Crippen LogP contribution is 2.20. The zero-order valence-electron chi connectivity index (χ0n) is 22.4. The zero-order chi connectivity index (χ0) is 22.8. The van der Waals surface area contributed by atoms with Crippen molar-refractivity contribution in [2.45, 2.75) is 137 Å². The summed E-state index contributed by atoms with van der Waals surface area (Å²) < 4.78 is 0. The molecule has 3 aliphatic heterocycles. The van der Waals surface area contributed by atoms with Crippen LogP contribution in [0, 0.1) is 0 Å². The van der Waals surface area contributed by atoms with E-state index in [9.17, 15) is 0 Å². The Morgan fingerprint density at radius 1 is 0.300 bits per heavy atom. The molecule has 3 heterocycles. The van der Waals surface area contributed by atoms with E-state index in [0.717, 1.165) is 0 Å². The SMILES string of the molecule is CC(C)(C)N1CCCC1.CC(C)(C)N1CCCCC1.CC(C)(C)N1CCCCCC1. The number of nitrogens with zero attached hydrogens (tertiary/aromatic N) is 3. The van der Waals surface area contributed by atoms with Crippen molar-refractivity contribution in [3.8, 4) is 0 Å². The van der Waals surface area contributed by atoms with E-state index in [1.54, 1.807) is 0 Å². The largest absolute Gasteiger partial charge is 0.298 e. The van der Waals surface area contributed by atoms with Crippen molar-refractivity contribution in [1.82, 2.24) is 14.7 Å². The normalized spacial score (nSPS) is 23.1. The molecule has 0 aromatic carbocycles. The van der Waals surface area contributed by atoms with Crippen molar-refractivity contribution in [1.29, 1.82) is 0 Å². The first-order valence-electron chi connectivity index (χ1n) is 13.1. The van der Waals surface area contributed by atoms with Gasteiger partial charge in [0.1, 0.15) is 0 Å². The average molecular weight is 424 g/mol. The Bertz CT molecular complexity index is 418. The number of piperidine rings is 1. The summed E-state index contributed by atoms with van der Waals surface area (Å²) in [6, 6.07) is 0. The van der Waals surface area contributed by atoms with Crippen LogP contribution in [0.15, 0.2) is 0 Å². The minimum absolute atomic E-state index is 0.393. The first-order chi connectivity index (χ1) is 13.8. The van der Waals surface area contributed by atoms with E-state index in [0.29, 0.717) is 16.6 Å². The fraction of sp³-hybridized carbons (Fsp3) is 1.00. The second kappa shape index (κ2) is 12.8. The standard InChI is InChI=1S/C10H21N.C9H19N.C8H17N/c1-10(2,3)11-8-6-4-5-7-9-11;1-9(2,3)10-7-5-4-6-8-10;1-8(2,3)9-6-4-5-7-9/h4-9H2,1-3H3;4-8H2,1-3H3;4-7H2,1-3H3. The van der Waals surface area contributed by atoms with Crippen LogP contribution in [0.25, 0.3) is 0 Å². The van der Waals surface area contributed by atoms with Gasteiger partial charge in [0.2, 0.25) is 0 Å². The van der Waals surface area contributed by atoms with Crippen LogP contribution in [0.5, 0.6) is 0 Å². The molecule has 0 bridgehead atoms. The minimum Gasteiger partial charge on any atom is -0.298 e. The number of rotatable bonds is 0. The maximum absolute atomic E-state index is 2.61. The maximum Gasteiger partial charge on any atom is 0.0125 e. The van der Waals surface area contributed by atoms with Crippen LogP contribution in [0.2, 0.25) is 0 Å². The summed E-state index contributed by atoms with van der Waals surface area (Å²) in [6.07, 6.45) is 12.7. The van der Waals surface area contributed by atoms with Gasteiger partial charge < -0.3 is 0 Å². The first-order valence-corrected chi connectivity index (χ1v) is 13.1. The van der Waals surface area contributed by atoms with Gasteiger partial charge in [-0.25, -0.2) is 0 Å². The molecule has 0 N–H and O–H groups in total. The molecule has 0 amide bonds. The molecule has 30 heavy (non-hydrogen) atoms. The van der Waals surface area contributed by atoms with E-state index in [2.05, 4.69) is 77.0 Å². The third kappa shape index (κ3) is 11.5. The number of hydrogen-bond donors (Lipinski definition) is 0. The Kier molecular flexibility index (Phi) is 11.9. The van der Waals surface area contributed by atoms with Gasteiger partial charge in [0.05, 0.1) is 0 Å². The Labute approximate surface area is 191 Å². The van der Waals surface area contributed by atoms with E-state index < -0.39 is 0 Å². The van der Waals surface area contributed by atoms with Crippen LogP contribution in [0.4, 0.5) is 0 Å². The topological polar surface area (TPSA) is 9.72 Å². The van der Waals surface area contributed by atoms with Gasteiger partial charge in [-0.3, -0.25) is 14.7 Å². The monoisotopic (exact) mass is 423 g/mol. The van der Waals surface area contributed by atoms with Gasteiger partial charge in [0.25, 0.3) is 0 Å². The van der Waals surface area contributed by atoms with Gasteiger partial charge in [0, 0.05) is 16.6 Å². The molecule has 0 spiro atoms. The average Bonchev–Trinajstić information content (AvgIpc) is 3.05. The number of hydrogen-bond acceptors (Lipinski definition) is 3. The quantitative estimate of drug-likeness (QED) is 0.423. The lowest BCUT2D eigenvalue weighted by molar-refractivity contribution is 0.111. The van der Waals surface area contributed by atoms with Crippen LogP contribution in [0.1, 0.15) is 120 Å². The highest BCUT2D eigenvalue weighted by atomic mass is 15.2. The molecule has 0 aliphatic carbocycles. The summed E-state index contributed by atoms with van der Waals surface area (Å²) in [5.41, 5.74) is 1.21. The predicted molar refractivity (Wildman–Crippen MR) is 136 cm³/mol. The minimum atomic E-state index is 0.393. The molecule has 3 saturated heterocycles. The smallest absolute Gasteiger partial charge is 0.0125 e. The molecular weight excluding hydrogens is 366 g/mol. The van der Waals surface area contributed by atoms with Gasteiger partial charge in [-0.15, -0.1) is 0 Å². The fourth-order valence-electron chi connectivity index (χ4n) is 4.69. The van der Waals surface area contributed by atoms with Gasteiger partial charge in [-0.05, 0) is 140 Å². The fourth-order valence-corrected chi connectivity index (χ4v) is 4.69. The molecule has 0 aromatic rings. The van der Waals surface area contributed by atoms with Gasteiger partial charge in [0.15, 0.2) is 0 Å². The number of likely N-dealkylation sites (tertiary alicyclic amines) is 3. The molecule has 0 radical (unpaired) electrons. The lowest BCUT2D eigenvalue weighted by atomic mass is 10.0. The summed E-state index contributed by atoms with van der Waals surface area (Å²) in [5, 5.41) is 0. The second-order valence-corrected chi connectivity index (χ2v) is 12.7. The lowest BCUT2D eigenvalue weighted by Gasteiger charge is -2.38. The van der Waals surface area contributed by atoms with Crippen LogP contribution in [-0.4, -0.2) is 70.6 Å². The summed E-state index contributed by atoms with van der Waals surface area (Å²) in [5.74, 6) is 0. The van der Waals surface area contributed by atoms with E-state index >= 15 is 0 Å². The Morgan fingerprint density at radius 2 is 0.467 bits per heavy atom. The summed E-state index contributed by atoms with van der Waals surface area (Å²) in [7, 11) is 0. The van der Waals surface area contributed by atoms with Crippen molar-refractivity contribution in [3.05, 3.63) is 0 Å². The van der Waals surface area contributed by atoms with Gasteiger partial charge in [-0.1, -0.05) is 19.3 Å². The Hall–Kier alpha value is -0.120. The highest BCUT2D eigenvalue weighted by Gasteiger charge is 2.24. The zero-order valence-corrected chi connectivity index (χ0v) is 22.4. The maximum atomic E-state index is 2.61. The van der Waals surface area contributed by atoms with Crippen molar-refractivity contribution in [2.75, 3.05) is 39.3 Å². The lowest BCUT2D eigenvalue weighted by Crippen LogP contribution is -2.44. The molecule has 0 aromatic heterocycles. The van der Waals surface area contributed by atoms with Crippen molar-refractivity contribution < 1.29 is 0 Å². The Morgan fingerprint density at radius 3 is 0.667 bits per heavy atom. The third-order valence-corrected chi connectivity index (χ3v) is 6.91. The van der Waals surface area contributed by atoms with E-state index in [1.165, 1.54) is 97.1 Å². The summed E-state index contributed by atoms with van der Waals surface area (Å²) in [4.78, 5) is 7.74. The molecule has 3 fully saturated rings. The third-order valence-electron chi connectivity index (χ3n) is 6.91. The van der Waals surface area contributed by atoms with Gasteiger partial charge >= 0.3 is 0 Å².